The van der Waals surface area contributed by atoms with Crippen LogP contribution < -0.4 is 0 Å². The third-order valence-corrected chi connectivity index (χ3v) is 3.75. The zero-order valence-electron chi connectivity index (χ0n) is 9.60. The summed E-state index contributed by atoms with van der Waals surface area (Å²) in [5.41, 5.74) is 1.04. The molecule has 0 saturated carbocycles. The van der Waals surface area contributed by atoms with E-state index in [0.717, 1.165) is 16.3 Å². The van der Waals surface area contributed by atoms with E-state index >= 15 is 0 Å². The second-order valence-electron chi connectivity index (χ2n) is 4.32. The Kier molecular flexibility index (Phi) is 2.92. The highest BCUT2D eigenvalue weighted by atomic mass is 79.9. The minimum Gasteiger partial charge on any atom is -0.430 e. The molecule has 2 nitrogen and oxygen atoms in total. The van der Waals surface area contributed by atoms with Crippen LogP contribution in [-0.4, -0.2) is 5.97 Å². The Labute approximate surface area is 113 Å². The molecule has 1 saturated heterocycles. The predicted octanol–water partition coefficient (Wildman–Crippen LogP) is 4.11. The smallest absolute Gasteiger partial charge is 0.318 e. The van der Waals surface area contributed by atoms with E-state index in [0.29, 0.717) is 12.2 Å². The van der Waals surface area contributed by atoms with Crippen LogP contribution in [-0.2, 0) is 9.53 Å². The number of cyclic esters (lactones) is 1. The van der Waals surface area contributed by atoms with Gasteiger partial charge in [0.15, 0.2) is 0 Å². The average molecular weight is 303 g/mol. The maximum absolute atomic E-state index is 11.9. The Balaban J connectivity index is 2.13. The molecule has 0 aliphatic carbocycles. The van der Waals surface area contributed by atoms with E-state index in [1.165, 1.54) is 0 Å². The van der Waals surface area contributed by atoms with Gasteiger partial charge >= 0.3 is 5.97 Å². The van der Waals surface area contributed by atoms with Gasteiger partial charge in [-0.05, 0) is 16.3 Å². The number of fused-ring (bicyclic) bond motifs is 1. The van der Waals surface area contributed by atoms with Crippen molar-refractivity contribution in [2.45, 2.75) is 12.3 Å². The van der Waals surface area contributed by atoms with Crippen LogP contribution in [0.4, 0.5) is 0 Å². The molecule has 18 heavy (non-hydrogen) atoms. The molecule has 90 valence electrons. The average Bonchev–Trinajstić information content (AvgIpc) is 2.79. The van der Waals surface area contributed by atoms with E-state index in [1.807, 2.05) is 30.3 Å². The van der Waals surface area contributed by atoms with E-state index in [4.69, 9.17) is 4.74 Å². The maximum atomic E-state index is 11.9. The van der Waals surface area contributed by atoms with Crippen LogP contribution >= 0.6 is 15.9 Å². The number of hydrogen-bond donors (Lipinski definition) is 0. The SMILES string of the molecule is O=C1O/C(=C/Br)CC1c1cccc2ccccc12. The molecule has 2 aromatic carbocycles. The van der Waals surface area contributed by atoms with Crippen LogP contribution in [0.3, 0.4) is 0 Å². The van der Waals surface area contributed by atoms with Crippen molar-refractivity contribution in [2.24, 2.45) is 0 Å². The van der Waals surface area contributed by atoms with Gasteiger partial charge in [0, 0.05) is 11.4 Å². The third-order valence-electron chi connectivity index (χ3n) is 3.24. The molecule has 0 radical (unpaired) electrons. The number of rotatable bonds is 1. The quantitative estimate of drug-likeness (QED) is 0.741. The topological polar surface area (TPSA) is 26.3 Å². The zero-order valence-corrected chi connectivity index (χ0v) is 11.2. The van der Waals surface area contributed by atoms with Crippen molar-refractivity contribution in [3.05, 3.63) is 58.8 Å². The Hall–Kier alpha value is -1.61. The van der Waals surface area contributed by atoms with Gasteiger partial charge < -0.3 is 4.74 Å². The minimum absolute atomic E-state index is 0.169. The summed E-state index contributed by atoms with van der Waals surface area (Å²) in [5, 5.41) is 2.27. The predicted molar refractivity (Wildman–Crippen MR) is 74.4 cm³/mol. The standard InChI is InChI=1S/C15H11BrO2/c16-9-11-8-14(15(17)18-11)13-7-3-5-10-4-1-2-6-12(10)13/h1-7,9,14H,8H2/b11-9+. The van der Waals surface area contributed by atoms with Crippen molar-refractivity contribution < 1.29 is 9.53 Å². The van der Waals surface area contributed by atoms with Gasteiger partial charge in [0.05, 0.1) is 5.92 Å². The molecule has 0 bridgehead atoms. The first-order valence-electron chi connectivity index (χ1n) is 5.78. The van der Waals surface area contributed by atoms with Crippen molar-refractivity contribution in [2.75, 3.05) is 0 Å². The molecule has 1 fully saturated rings. The molecule has 1 aliphatic heterocycles. The summed E-state index contributed by atoms with van der Waals surface area (Å²) in [5.74, 6) is 0.329. The molecule has 1 atom stereocenters. The Morgan fingerprint density at radius 1 is 1.17 bits per heavy atom. The monoisotopic (exact) mass is 302 g/mol. The molecule has 1 unspecified atom stereocenters. The van der Waals surface area contributed by atoms with Gasteiger partial charge in [0.2, 0.25) is 0 Å². The van der Waals surface area contributed by atoms with E-state index in [1.54, 1.807) is 4.99 Å². The number of allylic oxidation sites excluding steroid dienone is 1. The van der Waals surface area contributed by atoms with Gasteiger partial charge in [-0.25, -0.2) is 0 Å². The summed E-state index contributed by atoms with van der Waals surface area (Å²) in [7, 11) is 0. The van der Waals surface area contributed by atoms with Gasteiger partial charge in [0.1, 0.15) is 5.76 Å². The number of hydrogen-bond acceptors (Lipinski definition) is 2. The molecule has 0 amide bonds. The first-order chi connectivity index (χ1) is 8.79. The Morgan fingerprint density at radius 3 is 2.72 bits per heavy atom. The zero-order chi connectivity index (χ0) is 12.5. The molecular weight excluding hydrogens is 292 g/mol. The summed E-state index contributed by atoms with van der Waals surface area (Å²) < 4.78 is 5.20. The van der Waals surface area contributed by atoms with Gasteiger partial charge in [-0.1, -0.05) is 58.4 Å². The Bertz CT molecular complexity index is 640. The van der Waals surface area contributed by atoms with Crippen molar-refractivity contribution in [1.82, 2.24) is 0 Å². The summed E-state index contributed by atoms with van der Waals surface area (Å²) in [6.07, 6.45) is 0.623. The number of esters is 1. The number of halogens is 1. The van der Waals surface area contributed by atoms with Crippen molar-refractivity contribution in [3.63, 3.8) is 0 Å². The van der Waals surface area contributed by atoms with Crippen molar-refractivity contribution in [1.29, 1.82) is 0 Å². The van der Waals surface area contributed by atoms with Crippen molar-refractivity contribution >= 4 is 32.7 Å². The van der Waals surface area contributed by atoms with Crippen LogP contribution in [0.15, 0.2) is 53.2 Å². The first kappa shape index (κ1) is 11.5. The molecule has 2 aromatic rings. The molecule has 3 rings (SSSR count). The first-order valence-corrected chi connectivity index (χ1v) is 6.70. The molecule has 3 heteroatoms. The van der Waals surface area contributed by atoms with Gasteiger partial charge in [0.25, 0.3) is 0 Å². The maximum Gasteiger partial charge on any atom is 0.318 e. The molecule has 0 aromatic heterocycles. The number of carbonyl (C=O) groups is 1. The lowest BCUT2D eigenvalue weighted by Crippen LogP contribution is -2.05. The fourth-order valence-electron chi connectivity index (χ4n) is 2.38. The molecule has 1 aliphatic rings. The van der Waals surface area contributed by atoms with Crippen LogP contribution in [0.1, 0.15) is 17.9 Å². The molecule has 0 spiro atoms. The second kappa shape index (κ2) is 4.58. The summed E-state index contributed by atoms with van der Waals surface area (Å²) in [6.45, 7) is 0. The van der Waals surface area contributed by atoms with Gasteiger partial charge in [-0.3, -0.25) is 4.79 Å². The lowest BCUT2D eigenvalue weighted by molar-refractivity contribution is -0.136. The highest BCUT2D eigenvalue weighted by Crippen LogP contribution is 2.36. The van der Waals surface area contributed by atoms with E-state index in [9.17, 15) is 4.79 Å². The number of benzene rings is 2. The summed E-state index contributed by atoms with van der Waals surface area (Å²) in [4.78, 5) is 13.6. The van der Waals surface area contributed by atoms with Crippen LogP contribution in [0.25, 0.3) is 10.8 Å². The van der Waals surface area contributed by atoms with Crippen LogP contribution in [0.2, 0.25) is 0 Å². The highest BCUT2D eigenvalue weighted by molar-refractivity contribution is 9.11. The van der Waals surface area contributed by atoms with E-state index < -0.39 is 0 Å². The minimum atomic E-state index is -0.195. The lowest BCUT2D eigenvalue weighted by atomic mass is 9.92. The van der Waals surface area contributed by atoms with E-state index in [-0.39, 0.29) is 11.9 Å². The lowest BCUT2D eigenvalue weighted by Gasteiger charge is -2.09. The second-order valence-corrected chi connectivity index (χ2v) is 4.78. The van der Waals surface area contributed by atoms with Crippen molar-refractivity contribution in [3.8, 4) is 0 Å². The third kappa shape index (κ3) is 1.85. The molecule has 1 heterocycles. The van der Waals surface area contributed by atoms with E-state index in [2.05, 4.69) is 28.1 Å². The number of carbonyl (C=O) groups excluding carboxylic acids is 1. The fraction of sp³-hybridized carbons (Fsp3) is 0.133. The summed E-state index contributed by atoms with van der Waals surface area (Å²) >= 11 is 3.21. The fourth-order valence-corrected chi connectivity index (χ4v) is 2.66. The van der Waals surface area contributed by atoms with Crippen LogP contribution in [0.5, 0.6) is 0 Å². The molecule has 0 N–H and O–H groups in total. The summed E-state index contributed by atoms with van der Waals surface area (Å²) in [6, 6.07) is 14.1. The van der Waals surface area contributed by atoms with Gasteiger partial charge in [-0.15, -0.1) is 0 Å². The number of ether oxygens (including phenoxy) is 1. The van der Waals surface area contributed by atoms with Crippen LogP contribution in [0, 0.1) is 0 Å². The van der Waals surface area contributed by atoms with Gasteiger partial charge in [-0.2, -0.15) is 0 Å². The normalized spacial score (nSPS) is 21.5. The largest absolute Gasteiger partial charge is 0.430 e. The molecular formula is C15H11BrO2. The highest BCUT2D eigenvalue weighted by Gasteiger charge is 2.32. The Morgan fingerprint density at radius 2 is 1.94 bits per heavy atom.